The highest BCUT2D eigenvalue weighted by molar-refractivity contribution is 7.47. The van der Waals surface area contributed by atoms with Gasteiger partial charge in [0.25, 0.3) is 0 Å². The summed E-state index contributed by atoms with van der Waals surface area (Å²) in [5, 5.41) is 19.2. The quantitative estimate of drug-likeness (QED) is 0.0234. The van der Waals surface area contributed by atoms with Gasteiger partial charge in [-0.2, -0.15) is 0 Å². The number of hydrogen-bond acceptors (Lipinski definition) is 9. The second-order valence-electron chi connectivity index (χ2n) is 15.7. The minimum Gasteiger partial charge on any atom is -0.457 e. The lowest BCUT2D eigenvalue weighted by Crippen LogP contribution is -2.28. The third kappa shape index (κ3) is 41.0. The predicted octanol–water partition coefficient (Wildman–Crippen LogP) is 12.6. The van der Waals surface area contributed by atoms with E-state index in [0.717, 1.165) is 51.4 Å². The third-order valence-electron chi connectivity index (χ3n) is 10.2. The van der Waals surface area contributed by atoms with Crippen LogP contribution in [0.5, 0.6) is 0 Å². The normalized spacial score (nSPS) is 14.0. The Balaban J connectivity index is 3.88. The Labute approximate surface area is 348 Å². The van der Waals surface area contributed by atoms with Crippen molar-refractivity contribution in [1.82, 2.24) is 0 Å². The molecule has 0 aliphatic heterocycles. The largest absolute Gasteiger partial charge is 0.472 e. The van der Waals surface area contributed by atoms with E-state index in [-0.39, 0.29) is 12.8 Å². The molecule has 0 rings (SSSR count). The van der Waals surface area contributed by atoms with E-state index >= 15 is 0 Å². The Bertz CT molecular complexity index is 1000. The first-order chi connectivity index (χ1) is 27.8. The molecule has 0 saturated heterocycles. The zero-order chi connectivity index (χ0) is 41.9. The van der Waals surface area contributed by atoms with Crippen molar-refractivity contribution in [3.05, 3.63) is 24.3 Å². The number of allylic oxidation sites excluding steroid dienone is 4. The molecule has 0 aliphatic carbocycles. The molecule has 0 bridgehead atoms. The second-order valence-corrected chi connectivity index (χ2v) is 17.2. The summed E-state index contributed by atoms with van der Waals surface area (Å²) in [5.41, 5.74) is 0. The smallest absolute Gasteiger partial charge is 0.457 e. The maximum absolute atomic E-state index is 12.4. The summed E-state index contributed by atoms with van der Waals surface area (Å²) >= 11 is 0. The first-order valence-corrected chi connectivity index (χ1v) is 24.8. The van der Waals surface area contributed by atoms with Gasteiger partial charge in [-0.15, -0.1) is 0 Å². The molecule has 3 unspecified atom stereocenters. The van der Waals surface area contributed by atoms with E-state index in [1.54, 1.807) is 0 Å². The highest BCUT2D eigenvalue weighted by Crippen LogP contribution is 2.43. The molecule has 0 aromatic rings. The first kappa shape index (κ1) is 55.5. The monoisotopic (exact) mass is 831 g/mol. The summed E-state index contributed by atoms with van der Waals surface area (Å²) in [7, 11) is -4.64. The third-order valence-corrected chi connectivity index (χ3v) is 11.1. The van der Waals surface area contributed by atoms with Crippen molar-refractivity contribution in [3.8, 4) is 0 Å². The number of carbonyl (C=O) groups is 2. The Hall–Kier alpha value is -1.55. The number of phosphoric ester groups is 1. The number of ether oxygens (including phenoxy) is 2. The van der Waals surface area contributed by atoms with Gasteiger partial charge in [0.05, 0.1) is 26.4 Å². The number of hydrogen-bond donors (Lipinski definition) is 3. The number of aliphatic hydroxyl groups excluding tert-OH is 2. The van der Waals surface area contributed by atoms with E-state index in [1.165, 1.54) is 128 Å². The average Bonchev–Trinajstić information content (AvgIpc) is 3.20. The second kappa shape index (κ2) is 42.6. The summed E-state index contributed by atoms with van der Waals surface area (Å²) in [6.45, 7) is 2.21. The van der Waals surface area contributed by atoms with Gasteiger partial charge >= 0.3 is 19.8 Å². The summed E-state index contributed by atoms with van der Waals surface area (Å²) in [4.78, 5) is 34.6. The maximum Gasteiger partial charge on any atom is 0.472 e. The number of carbonyl (C=O) groups excluding carboxylic acids is 2. The molecule has 0 aliphatic rings. The Morgan fingerprint density at radius 3 is 1.11 bits per heavy atom. The van der Waals surface area contributed by atoms with E-state index in [0.29, 0.717) is 12.8 Å². The fourth-order valence-corrected chi connectivity index (χ4v) is 7.34. The highest BCUT2D eigenvalue weighted by Gasteiger charge is 2.27. The minimum atomic E-state index is -4.64. The molecule has 0 aromatic carbocycles. The lowest BCUT2D eigenvalue weighted by molar-refractivity contribution is -0.153. The van der Waals surface area contributed by atoms with E-state index < -0.39 is 58.4 Å². The van der Waals surface area contributed by atoms with Crippen LogP contribution in [0.3, 0.4) is 0 Å². The van der Waals surface area contributed by atoms with Crippen molar-refractivity contribution < 1.29 is 47.8 Å². The van der Waals surface area contributed by atoms with Crippen LogP contribution in [0.15, 0.2) is 24.3 Å². The van der Waals surface area contributed by atoms with Crippen LogP contribution < -0.4 is 0 Å². The van der Waals surface area contributed by atoms with Gasteiger partial charge in [0, 0.05) is 12.8 Å². The molecule has 0 amide bonds. The molecule has 0 aromatic heterocycles. The predicted molar refractivity (Wildman–Crippen MR) is 233 cm³/mol. The topological polar surface area (TPSA) is 149 Å². The molecule has 0 spiro atoms. The Morgan fingerprint density at radius 1 is 0.474 bits per heavy atom. The molecule has 0 fully saturated rings. The van der Waals surface area contributed by atoms with Crippen LogP contribution in [-0.2, 0) is 32.7 Å². The summed E-state index contributed by atoms with van der Waals surface area (Å²) in [6, 6.07) is 0. The zero-order valence-corrected chi connectivity index (χ0v) is 37.5. The van der Waals surface area contributed by atoms with Gasteiger partial charge < -0.3 is 24.6 Å². The van der Waals surface area contributed by atoms with Gasteiger partial charge in [0.1, 0.15) is 12.2 Å². The number of unbranched alkanes of at least 4 members (excludes halogenated alkanes) is 26. The van der Waals surface area contributed by atoms with Crippen molar-refractivity contribution in [3.63, 3.8) is 0 Å². The van der Waals surface area contributed by atoms with Gasteiger partial charge in [-0.05, 0) is 44.9 Å². The molecule has 3 atom stereocenters. The number of phosphoric acid groups is 1. The summed E-state index contributed by atoms with van der Waals surface area (Å²) in [5.74, 6) is -1.02. The van der Waals surface area contributed by atoms with Crippen molar-refractivity contribution in [2.45, 2.75) is 232 Å². The molecule has 0 heterocycles. The number of rotatable bonds is 44. The van der Waals surface area contributed by atoms with Crippen LogP contribution in [0.25, 0.3) is 0 Å². The van der Waals surface area contributed by atoms with E-state index in [1.807, 2.05) is 0 Å². The van der Waals surface area contributed by atoms with Crippen molar-refractivity contribution in [2.75, 3.05) is 26.4 Å². The molecule has 10 nitrogen and oxygen atoms in total. The SMILES string of the molecule is CCCCCC/C=C\C/C=C\CCCCCCCCCC(=O)OC(CO)COP(=O)(O)OCC(CO)OC(=O)CCCCCCCCCCCCCCCCCC. The summed E-state index contributed by atoms with van der Waals surface area (Å²) in [6.07, 6.45) is 42.9. The van der Waals surface area contributed by atoms with Crippen LogP contribution >= 0.6 is 7.82 Å². The van der Waals surface area contributed by atoms with Crippen molar-refractivity contribution in [1.29, 1.82) is 0 Å². The highest BCUT2D eigenvalue weighted by atomic mass is 31.2. The van der Waals surface area contributed by atoms with Gasteiger partial charge in [-0.25, -0.2) is 4.57 Å². The molecular formula is C46H87O10P. The fraction of sp³-hybridized carbons (Fsp3) is 0.870. The zero-order valence-electron chi connectivity index (χ0n) is 36.6. The van der Waals surface area contributed by atoms with Crippen LogP contribution in [-0.4, -0.2) is 65.7 Å². The molecule has 0 radical (unpaired) electrons. The van der Waals surface area contributed by atoms with E-state index in [4.69, 9.17) is 18.5 Å². The van der Waals surface area contributed by atoms with Crippen LogP contribution in [0.4, 0.5) is 0 Å². The van der Waals surface area contributed by atoms with Gasteiger partial charge in [-0.3, -0.25) is 18.6 Å². The van der Waals surface area contributed by atoms with Crippen molar-refractivity contribution >= 4 is 19.8 Å². The first-order valence-electron chi connectivity index (χ1n) is 23.3. The van der Waals surface area contributed by atoms with Crippen LogP contribution in [0.1, 0.15) is 219 Å². The van der Waals surface area contributed by atoms with Gasteiger partial charge in [-0.1, -0.05) is 186 Å². The molecule has 3 N–H and O–H groups in total. The minimum absolute atomic E-state index is 0.185. The van der Waals surface area contributed by atoms with E-state index in [2.05, 4.69) is 38.2 Å². The Morgan fingerprint density at radius 2 is 0.772 bits per heavy atom. The summed E-state index contributed by atoms with van der Waals surface area (Å²) < 4.78 is 32.6. The van der Waals surface area contributed by atoms with Crippen LogP contribution in [0.2, 0.25) is 0 Å². The molecular weight excluding hydrogens is 743 g/mol. The Kier molecular flexibility index (Phi) is 41.4. The van der Waals surface area contributed by atoms with Crippen molar-refractivity contribution in [2.24, 2.45) is 0 Å². The molecule has 57 heavy (non-hydrogen) atoms. The lowest BCUT2D eigenvalue weighted by Gasteiger charge is -2.20. The van der Waals surface area contributed by atoms with Crippen LogP contribution in [0, 0.1) is 0 Å². The maximum atomic E-state index is 12.4. The molecule has 0 saturated carbocycles. The lowest BCUT2D eigenvalue weighted by atomic mass is 10.0. The molecule has 11 heteroatoms. The molecule has 336 valence electrons. The van der Waals surface area contributed by atoms with E-state index in [9.17, 15) is 29.3 Å². The standard InChI is InChI=1S/C46H87O10P/c1-3-5-7-9-11-13-15-17-19-21-22-24-26-28-30-32-34-36-38-46(50)56-44(40-48)42-54-57(51,52)53-41-43(39-47)55-45(49)37-35-33-31-29-27-25-23-20-18-16-14-12-10-8-6-4-2/h13,15,19,21,43-44,47-48H,3-12,14,16-18,20,22-42H2,1-2H3,(H,51,52)/b15-13-,21-19-. The average molecular weight is 831 g/mol. The van der Waals surface area contributed by atoms with Gasteiger partial charge in [0.15, 0.2) is 0 Å². The number of esters is 2. The number of aliphatic hydroxyl groups is 2. The van der Waals surface area contributed by atoms with Gasteiger partial charge in [0.2, 0.25) is 0 Å². The fourth-order valence-electron chi connectivity index (χ4n) is 6.56.